The molecule has 0 radical (unpaired) electrons. The number of benzene rings is 2. The van der Waals surface area contributed by atoms with E-state index in [2.05, 4.69) is 0 Å². The lowest BCUT2D eigenvalue weighted by Crippen LogP contribution is -2.08. The van der Waals surface area contributed by atoms with Crippen molar-refractivity contribution in [3.63, 3.8) is 0 Å². The number of rotatable bonds is 4. The van der Waals surface area contributed by atoms with Crippen molar-refractivity contribution in [2.45, 2.75) is 5.88 Å². The monoisotopic (exact) mass is 295 g/mol. The molecule has 0 N–H and O–H groups in total. The highest BCUT2D eigenvalue weighted by atomic mass is 35.5. The third-order valence-corrected chi connectivity index (χ3v) is 3.39. The first kappa shape index (κ1) is 14.0. The number of anilines is 1. The van der Waals surface area contributed by atoms with Crippen LogP contribution in [0.3, 0.4) is 0 Å². The Balaban J connectivity index is 2.31. The molecule has 19 heavy (non-hydrogen) atoms. The highest BCUT2D eigenvalue weighted by molar-refractivity contribution is 6.32. The summed E-state index contributed by atoms with van der Waals surface area (Å²) in [4.78, 5) is 2.02. The van der Waals surface area contributed by atoms with E-state index in [9.17, 15) is 0 Å². The molecule has 0 aromatic heterocycles. The maximum Gasteiger partial charge on any atom is 0.133 e. The molecule has 0 atom stereocenters. The largest absolute Gasteiger partial charge is 0.457 e. The quantitative estimate of drug-likeness (QED) is 0.741. The molecule has 0 saturated heterocycles. The molecule has 2 rings (SSSR count). The van der Waals surface area contributed by atoms with Crippen molar-refractivity contribution < 1.29 is 4.74 Å². The average Bonchev–Trinajstić information content (AvgIpc) is 2.39. The predicted molar refractivity (Wildman–Crippen MR) is 81.9 cm³/mol. The molecule has 0 aliphatic carbocycles. The Morgan fingerprint density at radius 1 is 1.11 bits per heavy atom. The van der Waals surface area contributed by atoms with Gasteiger partial charge in [0.2, 0.25) is 0 Å². The van der Waals surface area contributed by atoms with Crippen LogP contribution in [-0.2, 0) is 5.88 Å². The molecule has 0 amide bonds. The summed E-state index contributed by atoms with van der Waals surface area (Å²) in [6, 6.07) is 13.4. The summed E-state index contributed by atoms with van der Waals surface area (Å²) in [5, 5.41) is 0.622. The van der Waals surface area contributed by atoms with Gasteiger partial charge in [-0.25, -0.2) is 0 Å². The highest BCUT2D eigenvalue weighted by Crippen LogP contribution is 2.32. The van der Waals surface area contributed by atoms with Gasteiger partial charge >= 0.3 is 0 Å². The van der Waals surface area contributed by atoms with Gasteiger partial charge in [0.25, 0.3) is 0 Å². The fraction of sp³-hybridized carbons (Fsp3) is 0.200. The first-order chi connectivity index (χ1) is 9.11. The predicted octanol–water partition coefficient (Wildman–Crippen LogP) is 4.94. The summed E-state index contributed by atoms with van der Waals surface area (Å²) in [5.74, 6) is 1.78. The van der Waals surface area contributed by atoms with Gasteiger partial charge in [0.1, 0.15) is 11.5 Å². The maximum atomic E-state index is 6.10. The van der Waals surface area contributed by atoms with Crippen molar-refractivity contribution in [2.75, 3.05) is 19.0 Å². The molecular formula is C15H15Cl2NO. The molecule has 0 aliphatic rings. The number of alkyl halides is 1. The first-order valence-corrected chi connectivity index (χ1v) is 6.81. The van der Waals surface area contributed by atoms with Crippen molar-refractivity contribution in [1.29, 1.82) is 0 Å². The van der Waals surface area contributed by atoms with Crippen LogP contribution in [0.25, 0.3) is 0 Å². The molecule has 4 heteroatoms. The van der Waals surface area contributed by atoms with Gasteiger partial charge in [0.15, 0.2) is 0 Å². The third-order valence-electron chi connectivity index (χ3n) is 2.77. The number of hydrogen-bond donors (Lipinski definition) is 0. The summed E-state index contributed by atoms with van der Waals surface area (Å²) >= 11 is 12.0. The normalized spacial score (nSPS) is 10.3. The van der Waals surface area contributed by atoms with Gasteiger partial charge in [-0.05, 0) is 24.3 Å². The number of nitrogens with zero attached hydrogens (tertiary/aromatic N) is 1. The molecule has 2 nitrogen and oxygen atoms in total. The van der Waals surface area contributed by atoms with Crippen molar-refractivity contribution in [1.82, 2.24) is 0 Å². The lowest BCUT2D eigenvalue weighted by molar-refractivity contribution is 0.478. The summed E-state index contributed by atoms with van der Waals surface area (Å²) in [5.41, 5.74) is 1.88. The molecule has 0 bridgehead atoms. The fourth-order valence-electron chi connectivity index (χ4n) is 1.72. The topological polar surface area (TPSA) is 12.5 Å². The van der Waals surface area contributed by atoms with Gasteiger partial charge in [-0.1, -0.05) is 23.7 Å². The Kier molecular flexibility index (Phi) is 4.56. The molecule has 2 aromatic rings. The fourth-order valence-corrected chi connectivity index (χ4v) is 2.29. The molecule has 2 aromatic carbocycles. The van der Waals surface area contributed by atoms with Crippen molar-refractivity contribution >= 4 is 28.9 Å². The van der Waals surface area contributed by atoms with Crippen LogP contribution in [0.2, 0.25) is 5.02 Å². The van der Waals surface area contributed by atoms with Gasteiger partial charge in [-0.2, -0.15) is 0 Å². The minimum absolute atomic E-state index is 0.322. The van der Waals surface area contributed by atoms with Gasteiger partial charge in [0.05, 0.1) is 5.88 Å². The van der Waals surface area contributed by atoms with E-state index >= 15 is 0 Å². The number of halogens is 2. The molecule has 100 valence electrons. The number of hydrogen-bond acceptors (Lipinski definition) is 2. The summed E-state index contributed by atoms with van der Waals surface area (Å²) in [7, 11) is 3.98. The Bertz CT molecular complexity index is 570. The minimum Gasteiger partial charge on any atom is -0.457 e. The van der Waals surface area contributed by atoms with E-state index in [1.165, 1.54) is 0 Å². The lowest BCUT2D eigenvalue weighted by atomic mass is 10.2. The molecule has 0 fully saturated rings. The minimum atomic E-state index is 0.322. The maximum absolute atomic E-state index is 6.10. The van der Waals surface area contributed by atoms with E-state index in [1.54, 1.807) is 0 Å². The molecule has 0 heterocycles. The molecule has 0 spiro atoms. The highest BCUT2D eigenvalue weighted by Gasteiger charge is 2.08. The molecular weight excluding hydrogens is 281 g/mol. The standard InChI is InChI=1S/C15H15Cl2NO/c1-18(2)11-5-3-6-12(9-11)19-15-8-4-7-14(17)13(15)10-16/h3-9H,10H2,1-2H3. The Morgan fingerprint density at radius 2 is 1.84 bits per heavy atom. The number of ether oxygens (including phenoxy) is 1. The van der Waals surface area contributed by atoms with Crippen LogP contribution < -0.4 is 9.64 Å². The summed E-state index contributed by atoms with van der Waals surface area (Å²) in [6.07, 6.45) is 0. The van der Waals surface area contributed by atoms with Crippen LogP contribution >= 0.6 is 23.2 Å². The van der Waals surface area contributed by atoms with Crippen LogP contribution in [0.1, 0.15) is 5.56 Å². The van der Waals surface area contributed by atoms with E-state index in [0.29, 0.717) is 16.7 Å². The zero-order valence-electron chi connectivity index (χ0n) is 10.9. The molecule has 0 saturated carbocycles. The van der Waals surface area contributed by atoms with Gasteiger partial charge in [-0.3, -0.25) is 0 Å². The van der Waals surface area contributed by atoms with Crippen LogP contribution in [0.4, 0.5) is 5.69 Å². The van der Waals surface area contributed by atoms with E-state index in [-0.39, 0.29) is 0 Å². The second-order valence-corrected chi connectivity index (χ2v) is 5.02. The first-order valence-electron chi connectivity index (χ1n) is 5.90. The SMILES string of the molecule is CN(C)c1cccc(Oc2cccc(Cl)c2CCl)c1. The zero-order chi connectivity index (χ0) is 13.8. The van der Waals surface area contributed by atoms with Crippen LogP contribution in [-0.4, -0.2) is 14.1 Å². The van der Waals surface area contributed by atoms with E-state index in [0.717, 1.165) is 17.0 Å². The average molecular weight is 296 g/mol. The second kappa shape index (κ2) is 6.18. The smallest absolute Gasteiger partial charge is 0.133 e. The van der Waals surface area contributed by atoms with Gasteiger partial charge < -0.3 is 9.64 Å². The summed E-state index contributed by atoms with van der Waals surface area (Å²) < 4.78 is 5.88. The zero-order valence-corrected chi connectivity index (χ0v) is 12.4. The Labute approximate surface area is 123 Å². The van der Waals surface area contributed by atoms with Crippen molar-refractivity contribution in [3.05, 3.63) is 53.1 Å². The second-order valence-electron chi connectivity index (χ2n) is 4.34. The molecule has 0 unspecified atom stereocenters. The van der Waals surface area contributed by atoms with E-state index < -0.39 is 0 Å². The van der Waals surface area contributed by atoms with Gasteiger partial charge in [-0.15, -0.1) is 11.6 Å². The van der Waals surface area contributed by atoms with E-state index in [4.69, 9.17) is 27.9 Å². The van der Waals surface area contributed by atoms with Crippen molar-refractivity contribution in [3.8, 4) is 11.5 Å². The lowest BCUT2D eigenvalue weighted by Gasteiger charge is -2.15. The molecule has 0 aliphatic heterocycles. The third kappa shape index (κ3) is 3.34. The van der Waals surface area contributed by atoms with Crippen LogP contribution in [0, 0.1) is 0 Å². The Morgan fingerprint density at radius 3 is 2.53 bits per heavy atom. The van der Waals surface area contributed by atoms with Crippen LogP contribution in [0.15, 0.2) is 42.5 Å². The Hall–Kier alpha value is -1.38. The van der Waals surface area contributed by atoms with Gasteiger partial charge in [0, 0.05) is 36.4 Å². The van der Waals surface area contributed by atoms with Crippen molar-refractivity contribution in [2.24, 2.45) is 0 Å². The van der Waals surface area contributed by atoms with E-state index in [1.807, 2.05) is 61.5 Å². The van der Waals surface area contributed by atoms with Crippen LogP contribution in [0.5, 0.6) is 11.5 Å². The summed E-state index contributed by atoms with van der Waals surface area (Å²) in [6.45, 7) is 0.